The number of nitrogens with one attached hydrogen (secondary N) is 2. The number of carbonyl (C=O) groups excluding carboxylic acids is 8. The first-order chi connectivity index (χ1) is 42.7. The van der Waals surface area contributed by atoms with Gasteiger partial charge in [-0.15, -0.1) is 11.8 Å². The van der Waals surface area contributed by atoms with Crippen molar-refractivity contribution in [3.8, 4) is 5.75 Å². The van der Waals surface area contributed by atoms with Crippen molar-refractivity contribution in [2.75, 3.05) is 58.8 Å². The SMILES string of the molecule is CC(C)SC1CC(=O)N(CCC(=O)NCCC(=O)Nc2cc(COC(=O)N(C)CCN(C)C(=O)O[C@H]3C[C@@]4(C)[C@@H](C[C@H]5O[C@@H](c6ccc(CC78CC(N)(C7)C8)cc6)O[C@]54C(=O)CO)[C@@H]4CCC5=CC(=O)C=C[C@]5(C)[C@H]43)ccc2O[C@@H]2OC[C@@H](O)[C@H](O)[C@H]2O)C1=O. The highest BCUT2D eigenvalue weighted by Gasteiger charge is 2.76. The van der Waals surface area contributed by atoms with Gasteiger partial charge in [0.25, 0.3) is 0 Å². The molecule has 3 saturated heterocycles. The molecule has 9 fully saturated rings. The Morgan fingerprint density at radius 2 is 1.63 bits per heavy atom. The molecule has 2 bridgehead atoms. The molecule has 6 saturated carbocycles. The zero-order valence-corrected chi connectivity index (χ0v) is 52.6. The summed E-state index contributed by atoms with van der Waals surface area (Å²) in [5, 5.41) is 46.7. The molecule has 24 nitrogen and oxygen atoms in total. The predicted molar refractivity (Wildman–Crippen MR) is 324 cm³/mol. The molecule has 488 valence electrons. The Hall–Kier alpha value is -6.29. The molecular formula is C65H84N6O18S. The minimum atomic E-state index is -1.68. The van der Waals surface area contributed by atoms with Gasteiger partial charge in [0.05, 0.1) is 23.6 Å². The van der Waals surface area contributed by atoms with Crippen LogP contribution in [0, 0.1) is 34.0 Å². The number of allylic oxidation sites excluding steroid dienone is 4. The minimum Gasteiger partial charge on any atom is -0.460 e. The number of hydrogen-bond acceptors (Lipinski definition) is 20. The smallest absolute Gasteiger partial charge is 0.409 e. The number of thioether (sulfide) groups is 1. The number of Topliss-reactive ketones (excluding diaryl/α,β-unsaturated/α-hetero) is 1. The van der Waals surface area contributed by atoms with Crippen LogP contribution in [-0.4, -0.2) is 194 Å². The Morgan fingerprint density at radius 1 is 0.922 bits per heavy atom. The fraction of sp³-hybridized carbons (Fsp3) is 0.631. The molecule has 0 aromatic heterocycles. The van der Waals surface area contributed by atoms with Gasteiger partial charge in [0.15, 0.2) is 23.5 Å². The van der Waals surface area contributed by atoms with E-state index in [2.05, 4.69) is 29.7 Å². The lowest BCUT2D eigenvalue weighted by molar-refractivity contribution is -0.241. The van der Waals surface area contributed by atoms with Crippen LogP contribution in [0.15, 0.2) is 66.3 Å². The maximum atomic E-state index is 14.5. The summed E-state index contributed by atoms with van der Waals surface area (Å²) in [6.45, 7) is 6.26. The maximum absolute atomic E-state index is 14.5. The molecule has 2 aromatic rings. The number of aliphatic hydroxyl groups is 4. The van der Waals surface area contributed by atoms with E-state index in [0.717, 1.165) is 41.7 Å². The number of hydrogen-bond donors (Lipinski definition) is 7. The van der Waals surface area contributed by atoms with Crippen LogP contribution < -0.4 is 21.1 Å². The summed E-state index contributed by atoms with van der Waals surface area (Å²) in [5.74, 6) is -2.96. The van der Waals surface area contributed by atoms with Crippen molar-refractivity contribution in [1.29, 1.82) is 0 Å². The van der Waals surface area contributed by atoms with Gasteiger partial charge < -0.3 is 75.0 Å². The van der Waals surface area contributed by atoms with Gasteiger partial charge in [-0.2, -0.15) is 0 Å². The van der Waals surface area contributed by atoms with Crippen molar-refractivity contribution < 1.29 is 87.2 Å². The summed E-state index contributed by atoms with van der Waals surface area (Å²) in [4.78, 5) is 111. The second kappa shape index (κ2) is 25.3. The van der Waals surface area contributed by atoms with Crippen LogP contribution in [0.25, 0.3) is 0 Å². The number of carbonyl (C=O) groups is 8. The van der Waals surface area contributed by atoms with Crippen LogP contribution in [0.2, 0.25) is 0 Å². The zero-order chi connectivity index (χ0) is 64.4. The van der Waals surface area contributed by atoms with Gasteiger partial charge in [0.2, 0.25) is 29.9 Å². The third-order valence-electron chi connectivity index (χ3n) is 20.7. The lowest BCUT2D eigenvalue weighted by atomic mass is 9.38. The van der Waals surface area contributed by atoms with Gasteiger partial charge in [-0.3, -0.25) is 33.7 Å². The number of likely N-dealkylation sites (tertiary alicyclic amines) is 1. The van der Waals surface area contributed by atoms with Crippen LogP contribution in [-0.2, 0) is 65.5 Å². The number of amides is 6. The summed E-state index contributed by atoms with van der Waals surface area (Å²) in [6.07, 6.45) is 0.846. The Kier molecular flexibility index (Phi) is 18.3. The first-order valence-corrected chi connectivity index (χ1v) is 32.2. The molecule has 3 aliphatic heterocycles. The standard InChI is InChI=1S/C65H84N6O18S/c1-35(2)90-47-26-52(78)71(56(47)81)20-17-50(76)67-19-16-51(77)68-43-23-37(9-14-45(43)86-58-55(80)54(79)44(74)31-84-58)30-85-59(82)69(5)21-22-70(6)60(83)87-46-28-62(4)42(41-13-12-39-24-40(73)15-18-61(39,3)53(41)46)25-49-65(62,48(75)29-72)89-57(88-49)38-10-7-36(8-11-38)27-63-32-64(66,33-63)34-63/h7-11,14-15,18,23-24,35,41-42,44,46-47,49,53-55,57-58,72,74,79-80H,12-13,16-17,19-22,25-34,66H2,1-6H3,(H,67,76)(H,68,77)/t41-,42-,44+,46-,47?,49+,53+,54-,55+,57+,58-,61-,62-,63?,64?,65+/m0/s1. The largest absolute Gasteiger partial charge is 0.460 e. The van der Waals surface area contributed by atoms with Crippen molar-refractivity contribution in [3.63, 3.8) is 0 Å². The van der Waals surface area contributed by atoms with Crippen LogP contribution in [0.4, 0.5) is 15.3 Å². The van der Waals surface area contributed by atoms with E-state index >= 15 is 0 Å². The summed E-state index contributed by atoms with van der Waals surface area (Å²) >= 11 is 1.39. The molecule has 7 aliphatic carbocycles. The van der Waals surface area contributed by atoms with Crippen LogP contribution in [0.3, 0.4) is 0 Å². The number of fused-ring (bicyclic) bond motifs is 7. The summed E-state index contributed by atoms with van der Waals surface area (Å²) in [5.41, 5.74) is 6.70. The summed E-state index contributed by atoms with van der Waals surface area (Å²) in [6, 6.07) is 12.5. The molecule has 12 rings (SSSR count). The molecule has 6 amide bonds. The van der Waals surface area contributed by atoms with Crippen molar-refractivity contribution in [1.82, 2.24) is 20.0 Å². The number of rotatable bonds is 22. The van der Waals surface area contributed by atoms with E-state index in [4.69, 9.17) is 34.2 Å². The molecular weight excluding hydrogens is 1180 g/mol. The second-order valence-corrected chi connectivity index (χ2v) is 29.0. The first kappa shape index (κ1) is 65.2. The lowest BCUT2D eigenvalue weighted by Gasteiger charge is -2.69. The van der Waals surface area contributed by atoms with Crippen molar-refractivity contribution in [2.24, 2.45) is 39.7 Å². The number of aliphatic hydroxyl groups excluding tert-OH is 4. The number of nitrogens with two attached hydrogens (primary N) is 1. The van der Waals surface area contributed by atoms with E-state index in [1.807, 2.05) is 39.0 Å². The van der Waals surface area contributed by atoms with E-state index in [1.165, 1.54) is 52.4 Å². The summed E-state index contributed by atoms with van der Waals surface area (Å²) in [7, 11) is 3.04. The Bertz CT molecular complexity index is 3210. The highest BCUT2D eigenvalue weighted by atomic mass is 32.2. The number of ether oxygens (including phenoxy) is 6. The molecule has 14 atom stereocenters. The van der Waals surface area contributed by atoms with E-state index in [1.54, 1.807) is 19.2 Å². The van der Waals surface area contributed by atoms with Crippen molar-refractivity contribution >= 4 is 64.8 Å². The summed E-state index contributed by atoms with van der Waals surface area (Å²) < 4.78 is 37.4. The van der Waals surface area contributed by atoms with Crippen molar-refractivity contribution in [3.05, 3.63) is 83.0 Å². The number of anilines is 1. The number of benzene rings is 2. The molecule has 10 aliphatic rings. The van der Waals surface area contributed by atoms with E-state index < -0.39 is 101 Å². The van der Waals surface area contributed by atoms with Crippen LogP contribution in [0.5, 0.6) is 5.75 Å². The second-order valence-electron chi connectivity index (χ2n) is 27.3. The fourth-order valence-corrected chi connectivity index (χ4v) is 17.5. The molecule has 0 spiro atoms. The normalized spacial score (nSPS) is 35.2. The average molecular weight is 1270 g/mol. The third kappa shape index (κ3) is 12.3. The first-order valence-electron chi connectivity index (χ1n) is 31.3. The Labute approximate surface area is 526 Å². The van der Waals surface area contributed by atoms with E-state index in [0.29, 0.717) is 24.8 Å². The molecule has 2 aromatic carbocycles. The van der Waals surface area contributed by atoms with Gasteiger partial charge in [0.1, 0.15) is 43.4 Å². The number of imide groups is 1. The maximum Gasteiger partial charge on any atom is 0.409 e. The molecule has 25 heteroatoms. The van der Waals surface area contributed by atoms with E-state index in [-0.39, 0.29) is 128 Å². The highest BCUT2D eigenvalue weighted by Crippen LogP contribution is 2.71. The highest BCUT2D eigenvalue weighted by molar-refractivity contribution is 8.01. The van der Waals surface area contributed by atoms with Gasteiger partial charge in [0, 0.05) is 87.4 Å². The molecule has 0 radical (unpaired) electrons. The Balaban J connectivity index is 0.721. The number of likely N-dealkylation sites (N-methyl/N-ethyl adjacent to an activating group) is 2. The molecule has 3 heterocycles. The van der Waals surface area contributed by atoms with Crippen LogP contribution in [0.1, 0.15) is 115 Å². The molecule has 90 heavy (non-hydrogen) atoms. The van der Waals surface area contributed by atoms with Gasteiger partial charge in [-0.05, 0) is 109 Å². The van der Waals surface area contributed by atoms with Gasteiger partial charge in [-0.1, -0.05) is 69.7 Å². The lowest BCUT2D eigenvalue weighted by Crippen LogP contribution is -2.72. The Morgan fingerprint density at radius 3 is 2.33 bits per heavy atom. The molecule has 8 N–H and O–H groups in total. The monoisotopic (exact) mass is 1270 g/mol. The van der Waals surface area contributed by atoms with Gasteiger partial charge in [-0.25, -0.2) is 9.59 Å². The number of nitrogens with zero attached hydrogens (tertiary/aromatic N) is 3. The number of ketones is 2. The predicted octanol–water partition coefficient (Wildman–Crippen LogP) is 3.98. The minimum absolute atomic E-state index is 0.00254. The molecule has 1 unspecified atom stereocenters. The fourth-order valence-electron chi connectivity index (χ4n) is 16.4. The average Bonchev–Trinajstić information content (AvgIpc) is 1.39. The van der Waals surface area contributed by atoms with E-state index in [9.17, 15) is 58.8 Å². The topological polar surface area (TPSA) is 333 Å². The van der Waals surface area contributed by atoms with Gasteiger partial charge >= 0.3 is 12.2 Å². The quantitative estimate of drug-likeness (QED) is 0.0820. The van der Waals surface area contributed by atoms with Crippen molar-refractivity contribution in [2.45, 2.75) is 170 Å². The van der Waals surface area contributed by atoms with Crippen LogP contribution >= 0.6 is 11.8 Å². The zero-order valence-electron chi connectivity index (χ0n) is 51.8. The third-order valence-corrected chi connectivity index (χ3v) is 21.9.